The van der Waals surface area contributed by atoms with Gasteiger partial charge in [0, 0.05) is 39.7 Å². The number of nitrogens with zero attached hydrogens (tertiary/aromatic N) is 1. The van der Waals surface area contributed by atoms with E-state index in [2.05, 4.69) is 52.1 Å². The number of amides is 1. The highest BCUT2D eigenvalue weighted by molar-refractivity contribution is 5.84. The molecule has 1 amide bonds. The Morgan fingerprint density at radius 1 is 1.26 bits per heavy atom. The van der Waals surface area contributed by atoms with Crippen LogP contribution in [0.3, 0.4) is 0 Å². The number of hydrogen-bond donors (Lipinski definition) is 3. The molecule has 2 atom stereocenters. The molecule has 0 saturated carbocycles. The molecule has 150 valence electrons. The first kappa shape index (κ1) is 21.2. The first-order valence-electron chi connectivity index (χ1n) is 9.72. The zero-order valence-electron chi connectivity index (χ0n) is 17.3. The average molecular weight is 375 g/mol. The van der Waals surface area contributed by atoms with Gasteiger partial charge in [-0.15, -0.1) is 0 Å². The third-order valence-corrected chi connectivity index (χ3v) is 5.15. The summed E-state index contributed by atoms with van der Waals surface area (Å²) in [5.74, 6) is 1.10. The van der Waals surface area contributed by atoms with Crippen LogP contribution in [0.5, 0.6) is 0 Å². The van der Waals surface area contributed by atoms with Gasteiger partial charge in [0.1, 0.15) is 0 Å². The second-order valence-electron chi connectivity index (χ2n) is 7.87. The summed E-state index contributed by atoms with van der Waals surface area (Å²) in [6, 6.07) is 8.60. The number of aryl methyl sites for hydroxylation is 1. The van der Waals surface area contributed by atoms with Gasteiger partial charge in [0.25, 0.3) is 0 Å². The number of guanidine groups is 1. The van der Waals surface area contributed by atoms with E-state index in [1.807, 2.05) is 13.8 Å². The number of carbonyl (C=O) groups is 1. The van der Waals surface area contributed by atoms with Gasteiger partial charge >= 0.3 is 0 Å². The SMILES string of the molecule is CN=C(NCC1CCCOC1c1ccc(C)cc1)NCC(C)(C)C(=O)NC. The number of nitrogens with one attached hydrogen (secondary N) is 3. The lowest BCUT2D eigenvalue weighted by Crippen LogP contribution is -2.48. The molecule has 0 aliphatic carbocycles. The molecular formula is C21H34N4O2. The van der Waals surface area contributed by atoms with Gasteiger partial charge in [-0.1, -0.05) is 29.8 Å². The first-order valence-corrected chi connectivity index (χ1v) is 9.72. The predicted molar refractivity (Wildman–Crippen MR) is 110 cm³/mol. The number of benzene rings is 1. The molecule has 0 aromatic heterocycles. The van der Waals surface area contributed by atoms with Crippen molar-refractivity contribution in [3.8, 4) is 0 Å². The van der Waals surface area contributed by atoms with Crippen molar-refractivity contribution in [2.75, 3.05) is 33.8 Å². The molecule has 1 heterocycles. The summed E-state index contributed by atoms with van der Waals surface area (Å²) in [6.45, 7) is 8.01. The second-order valence-corrected chi connectivity index (χ2v) is 7.87. The maximum Gasteiger partial charge on any atom is 0.227 e. The van der Waals surface area contributed by atoms with Crippen LogP contribution in [0.2, 0.25) is 0 Å². The monoisotopic (exact) mass is 374 g/mol. The van der Waals surface area contributed by atoms with Crippen LogP contribution in [0, 0.1) is 18.3 Å². The van der Waals surface area contributed by atoms with Crippen molar-refractivity contribution in [3.63, 3.8) is 0 Å². The van der Waals surface area contributed by atoms with E-state index < -0.39 is 5.41 Å². The van der Waals surface area contributed by atoms with Crippen LogP contribution < -0.4 is 16.0 Å². The molecule has 27 heavy (non-hydrogen) atoms. The van der Waals surface area contributed by atoms with E-state index in [0.29, 0.717) is 18.4 Å². The minimum atomic E-state index is -0.509. The van der Waals surface area contributed by atoms with Gasteiger partial charge in [0.15, 0.2) is 5.96 Å². The number of hydrogen-bond acceptors (Lipinski definition) is 3. The lowest BCUT2D eigenvalue weighted by atomic mass is 9.89. The van der Waals surface area contributed by atoms with Crippen molar-refractivity contribution in [3.05, 3.63) is 35.4 Å². The highest BCUT2D eigenvalue weighted by atomic mass is 16.5. The average Bonchev–Trinajstić information content (AvgIpc) is 2.68. The van der Waals surface area contributed by atoms with E-state index in [-0.39, 0.29) is 12.0 Å². The van der Waals surface area contributed by atoms with Crippen molar-refractivity contribution < 1.29 is 9.53 Å². The smallest absolute Gasteiger partial charge is 0.227 e. The fourth-order valence-electron chi connectivity index (χ4n) is 3.35. The van der Waals surface area contributed by atoms with Gasteiger partial charge < -0.3 is 20.7 Å². The lowest BCUT2D eigenvalue weighted by Gasteiger charge is -2.33. The fourth-order valence-corrected chi connectivity index (χ4v) is 3.35. The second kappa shape index (κ2) is 9.74. The maximum absolute atomic E-state index is 11.9. The van der Waals surface area contributed by atoms with Crippen molar-refractivity contribution in [1.29, 1.82) is 0 Å². The van der Waals surface area contributed by atoms with Gasteiger partial charge in [-0.25, -0.2) is 0 Å². The zero-order chi connectivity index (χ0) is 19.9. The van der Waals surface area contributed by atoms with Gasteiger partial charge in [-0.2, -0.15) is 0 Å². The Bertz CT molecular complexity index is 640. The molecule has 1 aromatic rings. The van der Waals surface area contributed by atoms with E-state index in [1.165, 1.54) is 11.1 Å². The minimum absolute atomic E-state index is 0.00516. The van der Waals surface area contributed by atoms with E-state index in [9.17, 15) is 4.79 Å². The minimum Gasteiger partial charge on any atom is -0.373 e. The summed E-state index contributed by atoms with van der Waals surface area (Å²) >= 11 is 0. The number of carbonyl (C=O) groups excluding carboxylic acids is 1. The molecule has 2 unspecified atom stereocenters. The van der Waals surface area contributed by atoms with Gasteiger partial charge in [0.05, 0.1) is 11.5 Å². The summed E-state index contributed by atoms with van der Waals surface area (Å²) < 4.78 is 6.09. The van der Waals surface area contributed by atoms with Crippen LogP contribution in [0.15, 0.2) is 29.3 Å². The third kappa shape index (κ3) is 5.96. The number of ether oxygens (including phenoxy) is 1. The van der Waals surface area contributed by atoms with Gasteiger partial charge in [-0.3, -0.25) is 9.79 Å². The molecule has 6 heteroatoms. The summed E-state index contributed by atoms with van der Waals surface area (Å²) in [5, 5.41) is 9.37. The maximum atomic E-state index is 11.9. The third-order valence-electron chi connectivity index (χ3n) is 5.15. The summed E-state index contributed by atoms with van der Waals surface area (Å²) in [5.41, 5.74) is 1.98. The Hall–Kier alpha value is -2.08. The molecule has 1 aliphatic rings. The van der Waals surface area contributed by atoms with Gasteiger partial charge in [0.2, 0.25) is 5.91 Å². The van der Waals surface area contributed by atoms with Crippen molar-refractivity contribution in [2.45, 2.75) is 39.7 Å². The van der Waals surface area contributed by atoms with E-state index >= 15 is 0 Å². The van der Waals surface area contributed by atoms with Gasteiger partial charge in [-0.05, 0) is 39.2 Å². The largest absolute Gasteiger partial charge is 0.373 e. The van der Waals surface area contributed by atoms with E-state index in [4.69, 9.17) is 4.74 Å². The van der Waals surface area contributed by atoms with Crippen molar-refractivity contribution >= 4 is 11.9 Å². The fraction of sp³-hybridized carbons (Fsp3) is 0.619. The van der Waals surface area contributed by atoms with Crippen LogP contribution in [-0.4, -0.2) is 45.7 Å². The van der Waals surface area contributed by atoms with Crippen LogP contribution in [0.4, 0.5) is 0 Å². The van der Waals surface area contributed by atoms with Crippen LogP contribution in [-0.2, 0) is 9.53 Å². The quantitative estimate of drug-likeness (QED) is 0.528. The van der Waals surface area contributed by atoms with Crippen LogP contribution >= 0.6 is 0 Å². The van der Waals surface area contributed by atoms with Crippen molar-refractivity contribution in [2.24, 2.45) is 16.3 Å². The Morgan fingerprint density at radius 2 is 1.96 bits per heavy atom. The molecule has 0 bridgehead atoms. The molecule has 6 nitrogen and oxygen atoms in total. The lowest BCUT2D eigenvalue weighted by molar-refractivity contribution is -0.128. The highest BCUT2D eigenvalue weighted by Gasteiger charge is 2.29. The molecule has 0 radical (unpaired) electrons. The topological polar surface area (TPSA) is 74.8 Å². The number of rotatable bonds is 6. The Kier molecular flexibility index (Phi) is 7.66. The summed E-state index contributed by atoms with van der Waals surface area (Å²) in [4.78, 5) is 16.2. The Morgan fingerprint density at radius 3 is 2.59 bits per heavy atom. The van der Waals surface area contributed by atoms with Crippen LogP contribution in [0.1, 0.15) is 43.9 Å². The highest BCUT2D eigenvalue weighted by Crippen LogP contribution is 2.33. The number of aliphatic imine (C=N–C) groups is 1. The summed E-state index contributed by atoms with van der Waals surface area (Å²) in [6.07, 6.45) is 2.30. The molecule has 3 N–H and O–H groups in total. The molecule has 1 aromatic carbocycles. The Balaban J connectivity index is 1.93. The summed E-state index contributed by atoms with van der Waals surface area (Å²) in [7, 11) is 3.41. The normalized spacial score (nSPS) is 20.9. The standard InChI is InChI=1S/C21H34N4O2/c1-15-8-10-16(11-9-15)18-17(7-6-12-27-18)13-24-20(23-5)25-14-21(2,3)19(26)22-4/h8-11,17-18H,6-7,12-14H2,1-5H3,(H,22,26)(H2,23,24,25). The van der Waals surface area contributed by atoms with Crippen LogP contribution in [0.25, 0.3) is 0 Å². The predicted octanol–water partition coefficient (Wildman–Crippen LogP) is 2.40. The van der Waals surface area contributed by atoms with E-state index in [1.54, 1.807) is 14.1 Å². The molecule has 1 fully saturated rings. The molecule has 1 aliphatic heterocycles. The first-order chi connectivity index (χ1) is 12.9. The van der Waals surface area contributed by atoms with E-state index in [0.717, 1.165) is 26.0 Å². The van der Waals surface area contributed by atoms with Crippen molar-refractivity contribution in [1.82, 2.24) is 16.0 Å². The molecule has 1 saturated heterocycles. The molecular weight excluding hydrogens is 340 g/mol. The molecule has 0 spiro atoms. The molecule has 2 rings (SSSR count). The Labute approximate surface area is 163 Å². The zero-order valence-corrected chi connectivity index (χ0v) is 17.3.